The summed E-state index contributed by atoms with van der Waals surface area (Å²) in [5.74, 6) is 0. The van der Waals surface area contributed by atoms with Gasteiger partial charge in [0.1, 0.15) is 11.2 Å². The van der Waals surface area contributed by atoms with Crippen LogP contribution in [0, 0.1) is 0 Å². The maximum Gasteiger partial charge on any atom is 0.135 e. The van der Waals surface area contributed by atoms with Crippen molar-refractivity contribution in [3.63, 3.8) is 0 Å². The van der Waals surface area contributed by atoms with E-state index in [1.807, 2.05) is 23.5 Å². The van der Waals surface area contributed by atoms with Gasteiger partial charge in [0, 0.05) is 47.7 Å². The number of hydrogen-bond donors (Lipinski definition) is 0. The Morgan fingerprint density at radius 1 is 0.465 bits per heavy atom. The van der Waals surface area contributed by atoms with Crippen molar-refractivity contribution in [2.24, 2.45) is 0 Å². The molecule has 7 aromatic carbocycles. The Hall–Kier alpha value is -5.38. The van der Waals surface area contributed by atoms with Gasteiger partial charge >= 0.3 is 0 Å². The Morgan fingerprint density at radius 2 is 1.14 bits per heavy atom. The Morgan fingerprint density at radius 3 is 2.05 bits per heavy atom. The minimum absolute atomic E-state index is 0.898. The molecule has 0 spiro atoms. The highest BCUT2D eigenvalue weighted by Gasteiger charge is 2.18. The van der Waals surface area contributed by atoms with Gasteiger partial charge in [0.05, 0.1) is 5.69 Å². The van der Waals surface area contributed by atoms with Gasteiger partial charge < -0.3 is 9.32 Å². The van der Waals surface area contributed by atoms with Crippen LogP contribution in [0.2, 0.25) is 0 Å². The first-order chi connectivity index (χ1) is 21.3. The molecule has 3 heteroatoms. The smallest absolute Gasteiger partial charge is 0.135 e. The van der Waals surface area contributed by atoms with Crippen LogP contribution in [0.4, 0.5) is 17.1 Å². The van der Waals surface area contributed by atoms with Gasteiger partial charge in [0.15, 0.2) is 0 Å². The summed E-state index contributed by atoms with van der Waals surface area (Å²) in [5.41, 5.74) is 7.64. The number of rotatable bonds is 4. The average molecular weight is 568 g/mol. The number of hydrogen-bond acceptors (Lipinski definition) is 3. The molecule has 0 radical (unpaired) electrons. The molecular formula is C40H25NOS. The summed E-state index contributed by atoms with van der Waals surface area (Å²) in [6.45, 7) is 0. The lowest BCUT2D eigenvalue weighted by molar-refractivity contribution is 0.669. The van der Waals surface area contributed by atoms with Crippen molar-refractivity contribution in [2.75, 3.05) is 4.90 Å². The topological polar surface area (TPSA) is 16.4 Å². The highest BCUT2D eigenvalue weighted by Crippen LogP contribution is 2.43. The van der Waals surface area contributed by atoms with E-state index in [0.717, 1.165) is 39.0 Å². The molecule has 2 aromatic heterocycles. The van der Waals surface area contributed by atoms with Crippen molar-refractivity contribution >= 4 is 81.3 Å². The first-order valence-corrected chi connectivity index (χ1v) is 15.3. The second-order valence-electron chi connectivity index (χ2n) is 10.9. The summed E-state index contributed by atoms with van der Waals surface area (Å²) in [7, 11) is 0. The molecule has 0 aliphatic heterocycles. The molecule has 0 saturated heterocycles. The summed E-state index contributed by atoms with van der Waals surface area (Å²) in [5, 5.41) is 7.31. The van der Waals surface area contributed by atoms with Crippen LogP contribution in [0.25, 0.3) is 64.0 Å². The van der Waals surface area contributed by atoms with Crippen molar-refractivity contribution in [1.29, 1.82) is 0 Å². The van der Waals surface area contributed by atoms with Crippen LogP contribution >= 0.6 is 11.3 Å². The van der Waals surface area contributed by atoms with Crippen LogP contribution < -0.4 is 4.90 Å². The number of anilines is 3. The molecule has 2 heterocycles. The predicted octanol–water partition coefficient (Wildman–Crippen LogP) is 12.2. The second kappa shape index (κ2) is 9.59. The Balaban J connectivity index is 1.23. The van der Waals surface area contributed by atoms with Crippen molar-refractivity contribution in [2.45, 2.75) is 0 Å². The number of para-hydroxylation sites is 1. The Bertz CT molecular complexity index is 2460. The minimum Gasteiger partial charge on any atom is -0.456 e. The van der Waals surface area contributed by atoms with E-state index in [2.05, 4.69) is 144 Å². The van der Waals surface area contributed by atoms with E-state index in [1.54, 1.807) is 0 Å². The fourth-order valence-electron chi connectivity index (χ4n) is 6.45. The first-order valence-electron chi connectivity index (χ1n) is 14.5. The maximum absolute atomic E-state index is 6.17. The quantitative estimate of drug-likeness (QED) is 0.210. The number of furan rings is 1. The van der Waals surface area contributed by atoms with Gasteiger partial charge in [-0.3, -0.25) is 0 Å². The number of nitrogens with zero attached hydrogens (tertiary/aromatic N) is 1. The first kappa shape index (κ1) is 24.2. The standard InChI is InChI=1S/C40H25NOS/c1-2-11-30-26(9-1)10-7-16-36(30)41(29-23-24-38-35(25-29)32-12-3-5-17-37(32)42-38)28-21-19-27(20-22-28)31-14-8-15-34-33-13-4-6-18-39(33)43-40(31)34/h1-25H. The number of benzene rings is 7. The molecule has 0 unspecified atom stereocenters. The summed E-state index contributed by atoms with van der Waals surface area (Å²) in [6, 6.07) is 54.3. The zero-order chi connectivity index (χ0) is 28.3. The summed E-state index contributed by atoms with van der Waals surface area (Å²) in [6.07, 6.45) is 0. The van der Waals surface area contributed by atoms with E-state index in [0.29, 0.717) is 0 Å². The average Bonchev–Trinajstić information content (AvgIpc) is 3.64. The van der Waals surface area contributed by atoms with Gasteiger partial charge in [-0.15, -0.1) is 11.3 Å². The molecule has 0 aliphatic rings. The normalized spacial score (nSPS) is 11.7. The largest absolute Gasteiger partial charge is 0.456 e. The molecule has 0 bridgehead atoms. The lowest BCUT2D eigenvalue weighted by atomic mass is 10.0. The van der Waals surface area contributed by atoms with Gasteiger partial charge in [-0.2, -0.15) is 0 Å². The zero-order valence-electron chi connectivity index (χ0n) is 23.2. The SMILES string of the molecule is c1ccc2c(N(c3ccc(-c4cccc5c4sc4ccccc45)cc3)c3ccc4oc5ccccc5c4c3)cccc2c1. The monoisotopic (exact) mass is 567 g/mol. The van der Waals surface area contributed by atoms with Crippen molar-refractivity contribution in [1.82, 2.24) is 0 Å². The third kappa shape index (κ3) is 3.86. The molecule has 9 aromatic rings. The fraction of sp³-hybridized carbons (Fsp3) is 0. The third-order valence-electron chi connectivity index (χ3n) is 8.47. The third-order valence-corrected chi connectivity index (χ3v) is 9.69. The fourth-order valence-corrected chi connectivity index (χ4v) is 7.69. The Labute approximate surface area is 252 Å². The van der Waals surface area contributed by atoms with Crippen LogP contribution in [0.3, 0.4) is 0 Å². The van der Waals surface area contributed by atoms with Crippen molar-refractivity contribution < 1.29 is 4.42 Å². The lowest BCUT2D eigenvalue weighted by Crippen LogP contribution is -2.10. The molecule has 0 amide bonds. The zero-order valence-corrected chi connectivity index (χ0v) is 24.0. The molecule has 2 nitrogen and oxygen atoms in total. The molecule has 43 heavy (non-hydrogen) atoms. The van der Waals surface area contributed by atoms with Crippen LogP contribution in [-0.4, -0.2) is 0 Å². The van der Waals surface area contributed by atoms with Crippen LogP contribution in [-0.2, 0) is 0 Å². The molecule has 0 atom stereocenters. The van der Waals surface area contributed by atoms with Gasteiger partial charge in [-0.1, -0.05) is 103 Å². The van der Waals surface area contributed by atoms with Crippen molar-refractivity contribution in [3.8, 4) is 11.1 Å². The molecule has 9 rings (SSSR count). The van der Waals surface area contributed by atoms with E-state index in [1.165, 1.54) is 42.1 Å². The summed E-state index contributed by atoms with van der Waals surface area (Å²) in [4.78, 5) is 2.37. The molecule has 0 aliphatic carbocycles. The van der Waals surface area contributed by atoms with E-state index >= 15 is 0 Å². The predicted molar refractivity (Wildman–Crippen MR) is 184 cm³/mol. The number of thiophene rings is 1. The van der Waals surface area contributed by atoms with Gasteiger partial charge in [-0.25, -0.2) is 0 Å². The highest BCUT2D eigenvalue weighted by molar-refractivity contribution is 7.26. The van der Waals surface area contributed by atoms with Crippen LogP contribution in [0.5, 0.6) is 0 Å². The summed E-state index contributed by atoms with van der Waals surface area (Å²) >= 11 is 1.87. The van der Waals surface area contributed by atoms with Gasteiger partial charge in [0.25, 0.3) is 0 Å². The molecule has 0 N–H and O–H groups in total. The molecular weight excluding hydrogens is 543 g/mol. The molecule has 0 saturated carbocycles. The van der Waals surface area contributed by atoms with E-state index in [-0.39, 0.29) is 0 Å². The highest BCUT2D eigenvalue weighted by atomic mass is 32.1. The maximum atomic E-state index is 6.17. The van der Waals surface area contributed by atoms with E-state index in [4.69, 9.17) is 4.42 Å². The number of fused-ring (bicyclic) bond motifs is 7. The lowest BCUT2D eigenvalue weighted by Gasteiger charge is -2.27. The van der Waals surface area contributed by atoms with Gasteiger partial charge in [-0.05, 0) is 65.0 Å². The van der Waals surface area contributed by atoms with Gasteiger partial charge in [0.2, 0.25) is 0 Å². The van der Waals surface area contributed by atoms with Crippen LogP contribution in [0.1, 0.15) is 0 Å². The van der Waals surface area contributed by atoms with E-state index < -0.39 is 0 Å². The second-order valence-corrected chi connectivity index (χ2v) is 12.0. The minimum atomic E-state index is 0.898. The molecule has 202 valence electrons. The Kier molecular flexibility index (Phi) is 5.40. The van der Waals surface area contributed by atoms with E-state index in [9.17, 15) is 0 Å². The van der Waals surface area contributed by atoms with Crippen LogP contribution in [0.15, 0.2) is 156 Å². The van der Waals surface area contributed by atoms with Crippen molar-refractivity contribution in [3.05, 3.63) is 152 Å². The summed E-state index contributed by atoms with van der Waals surface area (Å²) < 4.78 is 8.83. The molecule has 0 fully saturated rings.